The van der Waals surface area contributed by atoms with Crippen molar-refractivity contribution in [2.45, 2.75) is 50.7 Å². The van der Waals surface area contributed by atoms with Crippen LogP contribution < -0.4 is 15.4 Å². The van der Waals surface area contributed by atoms with E-state index in [1.54, 1.807) is 0 Å². The van der Waals surface area contributed by atoms with Crippen LogP contribution >= 0.6 is 0 Å². The van der Waals surface area contributed by atoms with E-state index in [1.165, 1.54) is 24.3 Å². The maximum Gasteiger partial charge on any atom is 0.251 e. The molecule has 1 heterocycles. The van der Waals surface area contributed by atoms with Gasteiger partial charge in [-0.05, 0) is 75.6 Å². The van der Waals surface area contributed by atoms with Gasteiger partial charge >= 0.3 is 0 Å². The summed E-state index contributed by atoms with van der Waals surface area (Å²) in [5.41, 5.74) is 1.54. The Morgan fingerprint density at radius 1 is 1.09 bits per heavy atom. The van der Waals surface area contributed by atoms with Gasteiger partial charge in [-0.25, -0.2) is 8.42 Å². The molecule has 1 saturated heterocycles. The first-order chi connectivity index (χ1) is 15.6. The molecule has 9 heteroatoms. The highest BCUT2D eigenvalue weighted by molar-refractivity contribution is 7.89. The zero-order valence-electron chi connectivity index (χ0n) is 19.2. The number of carbonyl (C=O) groups excluding carboxylic acids is 2. The first-order valence-corrected chi connectivity index (χ1v) is 12.5. The van der Waals surface area contributed by atoms with E-state index in [0.29, 0.717) is 5.56 Å². The Kier molecular flexibility index (Phi) is 8.10. The van der Waals surface area contributed by atoms with Gasteiger partial charge in [-0.1, -0.05) is 12.1 Å². The van der Waals surface area contributed by atoms with Crippen molar-refractivity contribution in [3.8, 4) is 5.75 Å². The van der Waals surface area contributed by atoms with Crippen molar-refractivity contribution in [3.63, 3.8) is 0 Å². The van der Waals surface area contributed by atoms with E-state index < -0.39 is 10.0 Å². The monoisotopic (exact) mass is 473 g/mol. The second kappa shape index (κ2) is 10.8. The van der Waals surface area contributed by atoms with E-state index >= 15 is 0 Å². The average Bonchev–Trinajstić information content (AvgIpc) is 2.78. The summed E-state index contributed by atoms with van der Waals surface area (Å²) in [7, 11) is -3.78. The number of piperazine rings is 1. The standard InChI is InChI=1S/C24H31N3O5S/c1-17(2)32-21-10-6-19(7-11-21)5-4-18(3)26-24(29)20-8-12-22(13-9-20)33(30,31)27-15-14-25-23(28)16-27/h6-13,17-18H,4-5,14-16H2,1-3H3,(H,25,28)(H,26,29). The van der Waals surface area contributed by atoms with Crippen molar-refractivity contribution in [2.24, 2.45) is 0 Å². The van der Waals surface area contributed by atoms with Gasteiger partial charge in [0, 0.05) is 24.7 Å². The number of ether oxygens (including phenoxy) is 1. The molecule has 0 aromatic heterocycles. The number of aryl methyl sites for hydroxylation is 1. The van der Waals surface area contributed by atoms with Crippen LogP contribution in [-0.2, 0) is 21.2 Å². The minimum Gasteiger partial charge on any atom is -0.491 e. The molecule has 1 unspecified atom stereocenters. The molecule has 3 rings (SSSR count). The topological polar surface area (TPSA) is 105 Å². The molecule has 0 saturated carbocycles. The zero-order chi connectivity index (χ0) is 24.0. The van der Waals surface area contributed by atoms with Gasteiger partial charge < -0.3 is 15.4 Å². The van der Waals surface area contributed by atoms with Crippen molar-refractivity contribution in [2.75, 3.05) is 19.6 Å². The third-order valence-electron chi connectivity index (χ3n) is 5.30. The summed E-state index contributed by atoms with van der Waals surface area (Å²) in [5, 5.41) is 5.56. The van der Waals surface area contributed by atoms with Crippen LogP contribution in [0, 0.1) is 0 Å². The molecule has 2 N–H and O–H groups in total. The predicted molar refractivity (Wildman–Crippen MR) is 126 cm³/mol. The summed E-state index contributed by atoms with van der Waals surface area (Å²) >= 11 is 0. The molecular formula is C24H31N3O5S. The van der Waals surface area contributed by atoms with Gasteiger partial charge in [0.05, 0.1) is 17.5 Å². The van der Waals surface area contributed by atoms with Gasteiger partial charge in [-0.15, -0.1) is 0 Å². The number of hydrogen-bond donors (Lipinski definition) is 2. The van der Waals surface area contributed by atoms with E-state index in [-0.39, 0.29) is 48.5 Å². The Labute approximate surface area is 195 Å². The number of nitrogens with one attached hydrogen (secondary N) is 2. The largest absolute Gasteiger partial charge is 0.491 e. The molecule has 1 aliphatic rings. The highest BCUT2D eigenvalue weighted by Gasteiger charge is 2.29. The Morgan fingerprint density at radius 2 is 1.76 bits per heavy atom. The van der Waals surface area contributed by atoms with Crippen molar-refractivity contribution >= 4 is 21.8 Å². The van der Waals surface area contributed by atoms with Crippen LogP contribution in [0.5, 0.6) is 5.75 Å². The van der Waals surface area contributed by atoms with Gasteiger partial charge in [-0.2, -0.15) is 4.31 Å². The molecule has 2 aromatic carbocycles. The molecule has 0 bridgehead atoms. The van der Waals surface area contributed by atoms with Gasteiger partial charge in [0.25, 0.3) is 5.91 Å². The van der Waals surface area contributed by atoms with E-state index in [2.05, 4.69) is 10.6 Å². The molecule has 2 amide bonds. The number of benzene rings is 2. The number of hydrogen-bond acceptors (Lipinski definition) is 5. The van der Waals surface area contributed by atoms with Crippen molar-refractivity contribution in [1.82, 2.24) is 14.9 Å². The molecule has 33 heavy (non-hydrogen) atoms. The molecule has 178 valence electrons. The summed E-state index contributed by atoms with van der Waals surface area (Å²) in [4.78, 5) is 24.2. The molecule has 8 nitrogen and oxygen atoms in total. The quantitative estimate of drug-likeness (QED) is 0.582. The van der Waals surface area contributed by atoms with Crippen LogP contribution in [0.25, 0.3) is 0 Å². The highest BCUT2D eigenvalue weighted by Crippen LogP contribution is 2.18. The Hall–Kier alpha value is -2.91. The molecule has 2 aromatic rings. The Balaban J connectivity index is 1.53. The lowest BCUT2D eigenvalue weighted by molar-refractivity contribution is -0.122. The van der Waals surface area contributed by atoms with Crippen molar-refractivity contribution in [1.29, 1.82) is 0 Å². The average molecular weight is 474 g/mol. The fourth-order valence-corrected chi connectivity index (χ4v) is 4.91. The minimum atomic E-state index is -3.78. The fourth-order valence-electron chi connectivity index (χ4n) is 3.52. The van der Waals surface area contributed by atoms with Gasteiger partial charge in [0.1, 0.15) is 5.75 Å². The molecule has 1 atom stereocenters. The second-order valence-electron chi connectivity index (χ2n) is 8.44. The van der Waals surface area contributed by atoms with Crippen LogP contribution in [0.4, 0.5) is 0 Å². The minimum absolute atomic E-state index is 0.0561. The van der Waals surface area contributed by atoms with Gasteiger partial charge in [0.15, 0.2) is 0 Å². The number of amides is 2. The van der Waals surface area contributed by atoms with Crippen LogP contribution in [0.2, 0.25) is 0 Å². The van der Waals surface area contributed by atoms with Crippen molar-refractivity contribution in [3.05, 3.63) is 59.7 Å². The first kappa shape index (κ1) is 24.7. The lowest BCUT2D eigenvalue weighted by Crippen LogP contribution is -2.49. The number of carbonyl (C=O) groups is 2. The molecule has 1 fully saturated rings. The zero-order valence-corrected chi connectivity index (χ0v) is 20.0. The predicted octanol–water partition coefficient (Wildman–Crippen LogP) is 2.35. The van der Waals surface area contributed by atoms with Crippen LogP contribution in [0.1, 0.15) is 43.1 Å². The van der Waals surface area contributed by atoms with Crippen LogP contribution in [-0.4, -0.2) is 56.3 Å². The lowest BCUT2D eigenvalue weighted by atomic mass is 10.1. The summed E-state index contributed by atoms with van der Waals surface area (Å²) in [6, 6.07) is 13.7. The second-order valence-corrected chi connectivity index (χ2v) is 10.4. The van der Waals surface area contributed by atoms with E-state index in [0.717, 1.165) is 28.5 Å². The Bertz CT molecular complexity index is 1070. The maximum absolute atomic E-state index is 12.7. The molecule has 0 radical (unpaired) electrons. The molecular weight excluding hydrogens is 442 g/mol. The third kappa shape index (κ3) is 6.79. The summed E-state index contributed by atoms with van der Waals surface area (Å²) in [6.07, 6.45) is 1.70. The van der Waals surface area contributed by atoms with E-state index in [9.17, 15) is 18.0 Å². The van der Waals surface area contributed by atoms with Crippen LogP contribution in [0.3, 0.4) is 0 Å². The highest BCUT2D eigenvalue weighted by atomic mass is 32.2. The smallest absolute Gasteiger partial charge is 0.251 e. The number of rotatable bonds is 9. The van der Waals surface area contributed by atoms with E-state index in [1.807, 2.05) is 45.0 Å². The summed E-state index contributed by atoms with van der Waals surface area (Å²) < 4.78 is 32.2. The summed E-state index contributed by atoms with van der Waals surface area (Å²) in [5.74, 6) is 0.253. The Morgan fingerprint density at radius 3 is 2.36 bits per heavy atom. The molecule has 0 spiro atoms. The lowest BCUT2D eigenvalue weighted by Gasteiger charge is -2.25. The van der Waals surface area contributed by atoms with Crippen LogP contribution in [0.15, 0.2) is 53.4 Å². The SMILES string of the molecule is CC(CCc1ccc(OC(C)C)cc1)NC(=O)c1ccc(S(=O)(=O)N2CCNC(=O)C2)cc1. The van der Waals surface area contributed by atoms with Gasteiger partial charge in [-0.3, -0.25) is 9.59 Å². The molecule has 1 aliphatic heterocycles. The summed E-state index contributed by atoms with van der Waals surface area (Å²) in [6.45, 7) is 6.22. The van der Waals surface area contributed by atoms with Crippen molar-refractivity contribution < 1.29 is 22.7 Å². The number of sulfonamides is 1. The number of nitrogens with zero attached hydrogens (tertiary/aromatic N) is 1. The fraction of sp³-hybridized carbons (Fsp3) is 0.417. The maximum atomic E-state index is 12.7. The third-order valence-corrected chi connectivity index (χ3v) is 7.16. The molecule has 0 aliphatic carbocycles. The van der Waals surface area contributed by atoms with E-state index in [4.69, 9.17) is 4.74 Å². The first-order valence-electron chi connectivity index (χ1n) is 11.1. The van der Waals surface area contributed by atoms with Gasteiger partial charge in [0.2, 0.25) is 15.9 Å². The normalized spacial score (nSPS) is 15.7.